The summed E-state index contributed by atoms with van der Waals surface area (Å²) in [6, 6.07) is 26.4. The molecule has 0 saturated heterocycles. The smallest absolute Gasteiger partial charge is 0.316 e. The van der Waals surface area contributed by atoms with Gasteiger partial charge in [0.15, 0.2) is 0 Å². The van der Waals surface area contributed by atoms with Gasteiger partial charge in [-0.05, 0) is 171 Å². The minimum atomic E-state index is -0.163. The van der Waals surface area contributed by atoms with E-state index in [1.54, 1.807) is 41.1 Å². The number of pyridine rings is 3. The fourth-order valence-electron chi connectivity index (χ4n) is 8.62. The Labute approximate surface area is 533 Å². The van der Waals surface area contributed by atoms with E-state index in [1.165, 1.54) is 57.1 Å². The molecule has 0 bridgehead atoms. The fraction of sp³-hybridized carbons (Fsp3) is 0.507. The van der Waals surface area contributed by atoms with Crippen LogP contribution >= 0.6 is 11.3 Å². The van der Waals surface area contributed by atoms with Crippen molar-refractivity contribution in [2.75, 3.05) is 26.9 Å². The summed E-state index contributed by atoms with van der Waals surface area (Å²) in [6.45, 7) is 46.9. The molecular formula is C73H107FN10O3S. The van der Waals surface area contributed by atoms with Crippen molar-refractivity contribution in [1.29, 1.82) is 0 Å². The maximum absolute atomic E-state index is 12.4. The van der Waals surface area contributed by atoms with Gasteiger partial charge in [0, 0.05) is 85.9 Å². The Morgan fingerprint density at radius 1 is 0.580 bits per heavy atom. The normalized spacial score (nSPS) is 12.7. The third kappa shape index (κ3) is 28.6. The Balaban J connectivity index is 0.000000264. The van der Waals surface area contributed by atoms with Crippen molar-refractivity contribution in [3.05, 3.63) is 188 Å². The molecule has 0 aliphatic carbocycles. The molecule has 480 valence electrons. The van der Waals surface area contributed by atoms with Crippen LogP contribution in [0.2, 0.25) is 0 Å². The van der Waals surface area contributed by atoms with Crippen LogP contribution in [0.1, 0.15) is 222 Å². The number of rotatable bonds is 11. The van der Waals surface area contributed by atoms with Crippen LogP contribution in [0.5, 0.6) is 11.9 Å². The summed E-state index contributed by atoms with van der Waals surface area (Å²) >= 11 is 1.79. The third-order valence-corrected chi connectivity index (χ3v) is 15.3. The topological polar surface area (TPSA) is 139 Å². The lowest BCUT2D eigenvalue weighted by molar-refractivity contribution is 0.151. The minimum absolute atomic E-state index is 0.163. The van der Waals surface area contributed by atoms with Gasteiger partial charge in [0.2, 0.25) is 5.88 Å². The molecule has 6 aromatic heterocycles. The lowest BCUT2D eigenvalue weighted by Gasteiger charge is -2.29. The van der Waals surface area contributed by atoms with Gasteiger partial charge in [0.1, 0.15) is 11.3 Å². The number of fused-ring (bicyclic) bond motifs is 2. The first-order chi connectivity index (χ1) is 41.7. The van der Waals surface area contributed by atoms with E-state index < -0.39 is 0 Å². The molecule has 2 aliphatic heterocycles. The monoisotopic (exact) mass is 1220 g/mol. The molecule has 0 unspecified atom stereocenters. The van der Waals surface area contributed by atoms with Crippen molar-refractivity contribution in [1.82, 2.24) is 49.8 Å². The van der Waals surface area contributed by atoms with Crippen molar-refractivity contribution < 1.29 is 18.6 Å². The Hall–Kier alpha value is -6.81. The molecule has 0 fully saturated rings. The number of ether oxygens (including phenoxy) is 3. The summed E-state index contributed by atoms with van der Waals surface area (Å²) < 4.78 is 29.6. The van der Waals surface area contributed by atoms with E-state index in [0.29, 0.717) is 59.4 Å². The van der Waals surface area contributed by atoms with E-state index in [0.717, 1.165) is 60.6 Å². The van der Waals surface area contributed by atoms with E-state index in [-0.39, 0.29) is 11.9 Å². The van der Waals surface area contributed by atoms with Crippen molar-refractivity contribution in [2.45, 2.75) is 206 Å². The van der Waals surface area contributed by atoms with Gasteiger partial charge in [-0.25, -0.2) is 29.0 Å². The molecule has 13 nitrogen and oxygen atoms in total. The molecule has 88 heavy (non-hydrogen) atoms. The number of methoxy groups -OCH3 is 1. The number of aromatic nitrogens is 9. The van der Waals surface area contributed by atoms with Crippen molar-refractivity contribution in [2.24, 2.45) is 13.0 Å². The first kappa shape index (κ1) is 75.4. The van der Waals surface area contributed by atoms with Gasteiger partial charge in [0.05, 0.1) is 43.1 Å². The van der Waals surface area contributed by atoms with Crippen molar-refractivity contribution in [3.63, 3.8) is 0 Å². The standard InChI is InChI=1S/C11H17NO.C10H13N3.C10H15N.C9H11F.C9H14N2S.C8H12N2O.C8H11N.C8H14O/c1-8(2)10-5-6-11(12-7-10)13-9(3)4;1-7(2)8-4-5-9-10(6-8)13(3)12-11-9;1-7(2)10-5-8(3)11-9(4)6-10;1-7(2)8-3-5-9(10)6-4-8;1-7(2)11-4-3-8-9(5-11)12-6-10-8;1-6(2)7-4-9-8(11-3)10-5-7;2*1-7(2)8-3-5-9-6-4-8/h5-9H,1-4H3;4-7H,1-3H3;5-7H,1-4H3;3-7H,1-2H3;6-7H,3-5H2,1-2H3;4-6H,1-3H3;3-7H,1-2H3;3,7H,4-6H2,1-2H3. The molecule has 0 saturated carbocycles. The number of hydrogen-bond donors (Lipinski definition) is 0. The first-order valence-electron chi connectivity index (χ1n) is 31.5. The van der Waals surface area contributed by atoms with Gasteiger partial charge < -0.3 is 14.2 Å². The Kier molecular flexibility index (Phi) is 34.3. The second-order valence-electron chi connectivity index (χ2n) is 24.8. The molecule has 2 aliphatic rings. The molecule has 2 aromatic carbocycles. The minimum Gasteiger partial charge on any atom is -0.475 e. The zero-order valence-corrected chi connectivity index (χ0v) is 58.3. The lowest BCUT2D eigenvalue weighted by atomic mass is 9.99. The number of aryl methyl sites for hydroxylation is 3. The highest BCUT2D eigenvalue weighted by molar-refractivity contribution is 7.09. The highest BCUT2D eigenvalue weighted by Gasteiger charge is 2.20. The molecule has 0 radical (unpaired) electrons. The van der Waals surface area contributed by atoms with Crippen molar-refractivity contribution >= 4 is 22.4 Å². The van der Waals surface area contributed by atoms with E-state index in [4.69, 9.17) is 14.2 Å². The van der Waals surface area contributed by atoms with Crippen LogP contribution in [-0.2, 0) is 24.8 Å². The second-order valence-corrected chi connectivity index (χ2v) is 25.7. The van der Waals surface area contributed by atoms with Gasteiger partial charge in [-0.3, -0.25) is 14.9 Å². The molecule has 0 atom stereocenters. The van der Waals surface area contributed by atoms with Gasteiger partial charge in [-0.2, -0.15) is 0 Å². The number of hydrogen-bond acceptors (Lipinski definition) is 13. The van der Waals surface area contributed by atoms with Crippen LogP contribution in [0.25, 0.3) is 11.0 Å². The number of nitrogens with zero attached hydrogens (tertiary/aromatic N) is 10. The quantitative estimate of drug-likeness (QED) is 0.114. The van der Waals surface area contributed by atoms with E-state index >= 15 is 0 Å². The summed E-state index contributed by atoms with van der Waals surface area (Å²) in [5, 5.41) is 7.99. The summed E-state index contributed by atoms with van der Waals surface area (Å²) in [4.78, 5) is 28.7. The van der Waals surface area contributed by atoms with Gasteiger partial charge in [-0.1, -0.05) is 138 Å². The lowest BCUT2D eigenvalue weighted by Crippen LogP contribution is -2.35. The van der Waals surface area contributed by atoms with Crippen LogP contribution in [0.3, 0.4) is 0 Å². The average molecular weight is 1220 g/mol. The predicted molar refractivity (Wildman–Crippen MR) is 366 cm³/mol. The molecule has 15 heteroatoms. The van der Waals surface area contributed by atoms with E-state index in [1.807, 2.05) is 95.2 Å². The summed E-state index contributed by atoms with van der Waals surface area (Å²) in [5.41, 5.74) is 16.8. The van der Waals surface area contributed by atoms with Crippen LogP contribution in [-0.4, -0.2) is 88.8 Å². The predicted octanol–water partition coefficient (Wildman–Crippen LogP) is 18.6. The largest absolute Gasteiger partial charge is 0.475 e. The third-order valence-electron chi connectivity index (χ3n) is 14.4. The Morgan fingerprint density at radius 3 is 1.59 bits per heavy atom. The Bertz CT molecular complexity index is 3150. The zero-order chi connectivity index (χ0) is 65.5. The van der Waals surface area contributed by atoms with E-state index in [2.05, 4.69) is 192 Å². The summed E-state index contributed by atoms with van der Waals surface area (Å²) in [6.07, 6.45) is 13.8. The van der Waals surface area contributed by atoms with Crippen LogP contribution in [0.15, 0.2) is 127 Å². The van der Waals surface area contributed by atoms with Crippen LogP contribution in [0, 0.1) is 25.6 Å². The summed E-state index contributed by atoms with van der Waals surface area (Å²) in [7, 11) is 3.48. The summed E-state index contributed by atoms with van der Waals surface area (Å²) in [5.74, 6) is 4.53. The van der Waals surface area contributed by atoms with Gasteiger partial charge in [-0.15, -0.1) is 16.4 Å². The molecule has 10 rings (SSSR count). The highest BCUT2D eigenvalue weighted by Crippen LogP contribution is 2.24. The fourth-order valence-corrected chi connectivity index (χ4v) is 9.46. The van der Waals surface area contributed by atoms with Crippen molar-refractivity contribution in [3.8, 4) is 11.9 Å². The number of thiazole rings is 1. The Morgan fingerprint density at radius 2 is 1.12 bits per heavy atom. The van der Waals surface area contributed by atoms with E-state index in [9.17, 15) is 4.39 Å². The number of benzene rings is 2. The molecule has 0 spiro atoms. The SMILES string of the molecule is CC(C)C1=CCOCC1.CC(C)N1CCc2ncsc2C1.CC(C)Oc1ccc(C(C)C)cn1.CC(C)c1ccc(F)cc1.CC(C)c1ccc2nnn(C)c2c1.CC(C)c1ccncc1.COc1ncc(C(C)C)cn1.Cc1cc(C(C)C)cc(C)n1. The number of halogens is 1. The average Bonchev–Trinajstić information content (AvgIpc) is 4.38. The van der Waals surface area contributed by atoms with Gasteiger partial charge >= 0.3 is 6.01 Å². The molecule has 0 N–H and O–H groups in total. The van der Waals surface area contributed by atoms with Crippen LogP contribution in [0.4, 0.5) is 4.39 Å². The van der Waals surface area contributed by atoms with Crippen LogP contribution < -0.4 is 9.47 Å². The highest BCUT2D eigenvalue weighted by atomic mass is 32.1. The second kappa shape index (κ2) is 40.0. The maximum Gasteiger partial charge on any atom is 0.316 e. The molecule has 8 aromatic rings. The first-order valence-corrected chi connectivity index (χ1v) is 32.4. The maximum atomic E-state index is 12.4. The van der Waals surface area contributed by atoms with Gasteiger partial charge in [0.25, 0.3) is 0 Å². The molecule has 0 amide bonds. The molecular weight excluding hydrogens is 1120 g/mol. The molecule has 8 heterocycles. The zero-order valence-electron chi connectivity index (χ0n) is 57.5.